The van der Waals surface area contributed by atoms with Crippen LogP contribution in [0.5, 0.6) is 5.75 Å². The highest BCUT2D eigenvalue weighted by atomic mass is 16.5. The quantitative estimate of drug-likeness (QED) is 0.783. The van der Waals surface area contributed by atoms with Crippen LogP contribution in [0.1, 0.15) is 17.3 Å². The number of esters is 1. The summed E-state index contributed by atoms with van der Waals surface area (Å²) in [5.41, 5.74) is 1.41. The number of hydrogen-bond donors (Lipinski definition) is 0. The summed E-state index contributed by atoms with van der Waals surface area (Å²) >= 11 is 0. The summed E-state index contributed by atoms with van der Waals surface area (Å²) in [6, 6.07) is 3.37. The van der Waals surface area contributed by atoms with Crippen molar-refractivity contribution in [2.45, 2.75) is 6.92 Å². The maximum absolute atomic E-state index is 12.1. The van der Waals surface area contributed by atoms with E-state index < -0.39 is 5.97 Å². The number of carbonyl (C=O) groups is 2. The van der Waals surface area contributed by atoms with Crippen LogP contribution in [-0.2, 0) is 9.53 Å². The van der Waals surface area contributed by atoms with Gasteiger partial charge in [-0.1, -0.05) is 0 Å². The second kappa shape index (κ2) is 6.27. The number of ether oxygens (including phenoxy) is 2. The molecule has 0 saturated heterocycles. The third kappa shape index (κ3) is 3.01. The van der Waals surface area contributed by atoms with Crippen LogP contribution in [0, 0.1) is 0 Å². The lowest BCUT2D eigenvalue weighted by molar-refractivity contribution is -0.116. The molecule has 0 N–H and O–H groups in total. The smallest absolute Gasteiger partial charge is 0.342 e. The summed E-state index contributed by atoms with van der Waals surface area (Å²) in [6.45, 7) is 1.43. The van der Waals surface area contributed by atoms with Gasteiger partial charge in [-0.05, 0) is 0 Å². The van der Waals surface area contributed by atoms with Crippen molar-refractivity contribution < 1.29 is 19.1 Å². The first-order valence-electron chi connectivity index (χ1n) is 6.05. The van der Waals surface area contributed by atoms with E-state index in [0.29, 0.717) is 22.7 Å². The molecule has 1 rings (SSSR count). The van der Waals surface area contributed by atoms with Gasteiger partial charge in [0.1, 0.15) is 11.3 Å². The highest BCUT2D eigenvalue weighted by Gasteiger charge is 2.24. The van der Waals surface area contributed by atoms with E-state index in [1.54, 1.807) is 38.2 Å². The zero-order valence-corrected chi connectivity index (χ0v) is 12.7. The van der Waals surface area contributed by atoms with Crippen molar-refractivity contribution in [1.29, 1.82) is 0 Å². The van der Waals surface area contributed by atoms with Gasteiger partial charge in [-0.3, -0.25) is 4.79 Å². The van der Waals surface area contributed by atoms with Gasteiger partial charge in [0.2, 0.25) is 5.91 Å². The van der Waals surface area contributed by atoms with Crippen LogP contribution in [0.15, 0.2) is 12.1 Å². The van der Waals surface area contributed by atoms with Gasteiger partial charge in [0.15, 0.2) is 0 Å². The van der Waals surface area contributed by atoms with Gasteiger partial charge in [-0.25, -0.2) is 4.79 Å². The third-order valence-electron chi connectivity index (χ3n) is 3.01. The lowest BCUT2D eigenvalue weighted by Gasteiger charge is -2.24. The molecule has 0 unspecified atom stereocenters. The van der Waals surface area contributed by atoms with Gasteiger partial charge in [0, 0.05) is 40.2 Å². The lowest BCUT2D eigenvalue weighted by atomic mass is 10.1. The number of carbonyl (C=O) groups excluding carboxylic acids is 2. The number of anilines is 2. The van der Waals surface area contributed by atoms with Gasteiger partial charge >= 0.3 is 5.97 Å². The Kier molecular flexibility index (Phi) is 4.96. The molecule has 0 aliphatic carbocycles. The molecule has 0 bridgehead atoms. The van der Waals surface area contributed by atoms with Crippen LogP contribution >= 0.6 is 0 Å². The first-order chi connectivity index (χ1) is 9.33. The first-order valence-corrected chi connectivity index (χ1v) is 6.05. The molecule has 0 aliphatic heterocycles. The van der Waals surface area contributed by atoms with Gasteiger partial charge in [0.05, 0.1) is 25.6 Å². The molecule has 1 amide bonds. The average molecular weight is 280 g/mol. The summed E-state index contributed by atoms with van der Waals surface area (Å²) in [5.74, 6) is -0.128. The summed E-state index contributed by atoms with van der Waals surface area (Å²) in [5, 5.41) is 0. The van der Waals surface area contributed by atoms with Crippen LogP contribution in [0.25, 0.3) is 0 Å². The molecule has 0 radical (unpaired) electrons. The Morgan fingerprint density at radius 2 is 1.60 bits per heavy atom. The van der Waals surface area contributed by atoms with Crippen molar-refractivity contribution in [3.63, 3.8) is 0 Å². The Bertz CT molecular complexity index is 526. The van der Waals surface area contributed by atoms with Crippen LogP contribution in [0.3, 0.4) is 0 Å². The Hall–Kier alpha value is -2.24. The number of hydrogen-bond acceptors (Lipinski definition) is 5. The number of benzene rings is 1. The normalized spacial score (nSPS) is 9.90. The molecular formula is C14H20N2O4. The molecular weight excluding hydrogens is 260 g/mol. The highest BCUT2D eigenvalue weighted by molar-refractivity contribution is 6.06. The number of amides is 1. The van der Waals surface area contributed by atoms with E-state index in [1.807, 2.05) is 0 Å². The van der Waals surface area contributed by atoms with E-state index in [4.69, 9.17) is 9.47 Å². The number of nitrogens with zero attached hydrogens (tertiary/aromatic N) is 2. The molecule has 110 valence electrons. The maximum Gasteiger partial charge on any atom is 0.342 e. The highest BCUT2D eigenvalue weighted by Crippen LogP contribution is 2.34. The van der Waals surface area contributed by atoms with Crippen LogP contribution in [0.4, 0.5) is 11.4 Å². The minimum Gasteiger partial charge on any atom is -0.497 e. The third-order valence-corrected chi connectivity index (χ3v) is 3.01. The van der Waals surface area contributed by atoms with Gasteiger partial charge in [-0.15, -0.1) is 0 Å². The molecule has 0 fully saturated rings. The van der Waals surface area contributed by atoms with Crippen molar-refractivity contribution in [2.75, 3.05) is 45.2 Å². The van der Waals surface area contributed by atoms with Gasteiger partial charge < -0.3 is 19.3 Å². The molecule has 20 heavy (non-hydrogen) atoms. The summed E-state index contributed by atoms with van der Waals surface area (Å²) < 4.78 is 10.1. The fraction of sp³-hybridized carbons (Fsp3) is 0.429. The van der Waals surface area contributed by atoms with E-state index in [2.05, 4.69) is 0 Å². The molecule has 6 nitrogen and oxygen atoms in total. The van der Waals surface area contributed by atoms with E-state index >= 15 is 0 Å². The summed E-state index contributed by atoms with van der Waals surface area (Å²) in [4.78, 5) is 26.8. The number of rotatable bonds is 4. The van der Waals surface area contributed by atoms with Gasteiger partial charge in [-0.2, -0.15) is 0 Å². The molecule has 1 aromatic carbocycles. The lowest BCUT2D eigenvalue weighted by Crippen LogP contribution is -2.27. The Morgan fingerprint density at radius 1 is 1.05 bits per heavy atom. The van der Waals surface area contributed by atoms with E-state index in [9.17, 15) is 9.59 Å². The Labute approximate surface area is 118 Å². The standard InChI is InChI=1S/C14H20N2O4/c1-9(17)16(4)12-8-10(19-5)7-11(15(2)3)13(12)14(18)20-6/h7-8H,1-6H3. The Balaban J connectivity index is 3.63. The molecule has 0 atom stereocenters. The van der Waals surface area contributed by atoms with E-state index in [-0.39, 0.29) is 5.91 Å². The largest absolute Gasteiger partial charge is 0.497 e. The molecule has 0 aromatic heterocycles. The monoisotopic (exact) mass is 280 g/mol. The topological polar surface area (TPSA) is 59.1 Å². The molecule has 6 heteroatoms. The minimum absolute atomic E-state index is 0.187. The molecule has 0 heterocycles. The molecule has 1 aromatic rings. The van der Waals surface area contributed by atoms with Crippen LogP contribution in [0.2, 0.25) is 0 Å². The minimum atomic E-state index is -0.501. The van der Waals surface area contributed by atoms with Crippen LogP contribution in [-0.4, -0.2) is 47.2 Å². The first kappa shape index (κ1) is 15.8. The van der Waals surface area contributed by atoms with Crippen molar-refractivity contribution >= 4 is 23.3 Å². The second-order valence-corrected chi connectivity index (χ2v) is 4.50. The zero-order valence-electron chi connectivity index (χ0n) is 12.7. The van der Waals surface area contributed by atoms with Gasteiger partial charge in [0.25, 0.3) is 0 Å². The Morgan fingerprint density at radius 3 is 2.00 bits per heavy atom. The predicted octanol–water partition coefficient (Wildman–Crippen LogP) is 1.53. The van der Waals surface area contributed by atoms with Crippen molar-refractivity contribution in [2.24, 2.45) is 0 Å². The maximum atomic E-state index is 12.1. The van der Waals surface area contributed by atoms with Crippen molar-refractivity contribution in [3.05, 3.63) is 17.7 Å². The van der Waals surface area contributed by atoms with E-state index in [0.717, 1.165) is 0 Å². The fourth-order valence-electron chi connectivity index (χ4n) is 1.80. The van der Waals surface area contributed by atoms with E-state index in [1.165, 1.54) is 26.0 Å². The SMILES string of the molecule is COC(=O)c1c(N(C)C)cc(OC)cc1N(C)C(C)=O. The average Bonchev–Trinajstić information content (AvgIpc) is 2.43. The summed E-state index contributed by atoms with van der Waals surface area (Å²) in [6.07, 6.45) is 0. The predicted molar refractivity (Wildman–Crippen MR) is 77.7 cm³/mol. The van der Waals surface area contributed by atoms with Crippen LogP contribution < -0.4 is 14.5 Å². The molecule has 0 aliphatic rings. The molecule has 0 spiro atoms. The zero-order chi connectivity index (χ0) is 15.4. The second-order valence-electron chi connectivity index (χ2n) is 4.50. The fourth-order valence-corrected chi connectivity index (χ4v) is 1.80. The van der Waals surface area contributed by atoms with Crippen molar-refractivity contribution in [1.82, 2.24) is 0 Å². The number of methoxy groups -OCH3 is 2. The van der Waals surface area contributed by atoms with Crippen molar-refractivity contribution in [3.8, 4) is 5.75 Å². The molecule has 0 saturated carbocycles. The summed E-state index contributed by atoms with van der Waals surface area (Å²) in [7, 11) is 8.05.